The van der Waals surface area contributed by atoms with E-state index in [4.69, 9.17) is 15.0 Å². The number of ether oxygens (including phenoxy) is 1. The Bertz CT molecular complexity index is 1040. The molecule has 1 aliphatic carbocycles. The minimum absolute atomic E-state index is 0.0216. The Morgan fingerprint density at radius 1 is 1.26 bits per heavy atom. The van der Waals surface area contributed by atoms with E-state index >= 15 is 0 Å². The zero-order valence-corrected chi connectivity index (χ0v) is 18.1. The molecule has 0 bridgehead atoms. The van der Waals surface area contributed by atoms with Crippen LogP contribution in [0.4, 0.5) is 5.69 Å². The molecule has 1 saturated carbocycles. The van der Waals surface area contributed by atoms with Gasteiger partial charge in [0.25, 0.3) is 5.69 Å². The van der Waals surface area contributed by atoms with E-state index in [9.17, 15) is 19.5 Å². The first kappa shape index (κ1) is 22.9. The molecule has 3 atom stereocenters. The highest BCUT2D eigenvalue weighted by Crippen LogP contribution is 2.76. The number of hydrogen-bond donors (Lipinski definition) is 1. The van der Waals surface area contributed by atoms with Crippen LogP contribution < -0.4 is 5.73 Å². The summed E-state index contributed by atoms with van der Waals surface area (Å²) in [5.41, 5.74) is 5.83. The number of carbonyl (C=O) groups excluding carboxylic acids is 1. The van der Waals surface area contributed by atoms with E-state index in [0.717, 1.165) is 5.56 Å². The molecule has 3 rings (SSSR count). The van der Waals surface area contributed by atoms with E-state index in [1.165, 1.54) is 24.3 Å². The fourth-order valence-corrected chi connectivity index (χ4v) is 7.13. The molecule has 0 saturated heterocycles. The number of esters is 1. The number of nitrogens with two attached hydrogens (primary N) is 1. The Morgan fingerprint density at radius 2 is 1.90 bits per heavy atom. The number of nitro benzene ring substituents is 1. The van der Waals surface area contributed by atoms with Crippen LogP contribution in [0, 0.1) is 10.1 Å². The molecule has 9 heteroatoms. The lowest BCUT2D eigenvalue weighted by molar-refractivity contribution is -0.385. The van der Waals surface area contributed by atoms with Crippen molar-refractivity contribution >= 4 is 19.0 Å². The summed E-state index contributed by atoms with van der Waals surface area (Å²) in [6, 6.07) is 15.0. The molecular formula is C22H25N2O6P. The van der Waals surface area contributed by atoms with Crippen molar-refractivity contribution in [2.24, 2.45) is 5.73 Å². The predicted octanol–water partition coefficient (Wildman–Crippen LogP) is 4.18. The first-order chi connectivity index (χ1) is 14.7. The summed E-state index contributed by atoms with van der Waals surface area (Å²) in [5.74, 6) is -0.755. The van der Waals surface area contributed by atoms with Crippen LogP contribution in [-0.2, 0) is 31.4 Å². The standard InChI is InChI=1S/C22H25N2O6P/c1-3-21(23)16-22(21,20(25)29-14-17-10-6-5-7-11-17)31(28,30-4-2)15-18-12-8-9-13-19(18)24(26)27/h3,5-13H,1,4,14-16,23H2,2H3. The number of nitro groups is 1. The van der Waals surface area contributed by atoms with Crippen LogP contribution in [0.2, 0.25) is 0 Å². The van der Waals surface area contributed by atoms with Crippen LogP contribution in [0.5, 0.6) is 0 Å². The van der Waals surface area contributed by atoms with Crippen LogP contribution in [0.25, 0.3) is 0 Å². The van der Waals surface area contributed by atoms with E-state index in [-0.39, 0.29) is 37.0 Å². The summed E-state index contributed by atoms with van der Waals surface area (Å²) in [5, 5.41) is 9.79. The second-order valence-electron chi connectivity index (χ2n) is 7.48. The van der Waals surface area contributed by atoms with Gasteiger partial charge < -0.3 is 15.0 Å². The minimum Gasteiger partial charge on any atom is -0.460 e. The molecule has 0 heterocycles. The molecule has 2 aromatic carbocycles. The van der Waals surface area contributed by atoms with Crippen LogP contribution in [0.3, 0.4) is 0 Å². The summed E-state index contributed by atoms with van der Waals surface area (Å²) in [4.78, 5) is 24.2. The highest BCUT2D eigenvalue weighted by molar-refractivity contribution is 7.61. The lowest BCUT2D eigenvalue weighted by Gasteiger charge is -2.29. The van der Waals surface area contributed by atoms with Crippen LogP contribution in [0.15, 0.2) is 67.3 Å². The molecular weight excluding hydrogens is 419 g/mol. The van der Waals surface area contributed by atoms with Crippen molar-refractivity contribution in [3.8, 4) is 0 Å². The maximum absolute atomic E-state index is 14.2. The van der Waals surface area contributed by atoms with E-state index < -0.39 is 29.0 Å². The Balaban J connectivity index is 1.98. The molecule has 3 unspecified atom stereocenters. The van der Waals surface area contributed by atoms with Gasteiger partial charge in [-0.25, -0.2) is 0 Å². The molecule has 8 nitrogen and oxygen atoms in total. The Labute approximate surface area is 180 Å². The SMILES string of the molecule is C=CC1(N)CC1(C(=O)OCc1ccccc1)P(=O)(Cc1ccccc1[N+](=O)[O-])OCC. The minimum atomic E-state index is -3.89. The van der Waals surface area contributed by atoms with Gasteiger partial charge in [0.05, 0.1) is 23.2 Å². The topological polar surface area (TPSA) is 122 Å². The number of rotatable bonds is 10. The van der Waals surface area contributed by atoms with Gasteiger partial charge >= 0.3 is 5.97 Å². The summed E-state index contributed by atoms with van der Waals surface area (Å²) in [7, 11) is -3.89. The maximum atomic E-state index is 14.2. The monoisotopic (exact) mass is 444 g/mol. The van der Waals surface area contributed by atoms with Gasteiger partial charge in [-0.05, 0) is 18.9 Å². The predicted molar refractivity (Wildman–Crippen MR) is 117 cm³/mol. The molecule has 0 aromatic heterocycles. The quantitative estimate of drug-likeness (QED) is 0.192. The van der Waals surface area contributed by atoms with Crippen molar-refractivity contribution in [2.75, 3.05) is 6.61 Å². The molecule has 1 aliphatic rings. The third-order valence-electron chi connectivity index (χ3n) is 5.59. The van der Waals surface area contributed by atoms with Crippen molar-refractivity contribution in [1.29, 1.82) is 0 Å². The summed E-state index contributed by atoms with van der Waals surface area (Å²) < 4.78 is 25.4. The van der Waals surface area contributed by atoms with Gasteiger partial charge in [-0.15, -0.1) is 6.58 Å². The third kappa shape index (κ3) is 4.06. The van der Waals surface area contributed by atoms with Crippen molar-refractivity contribution in [2.45, 2.75) is 36.8 Å². The van der Waals surface area contributed by atoms with Gasteiger partial charge in [-0.2, -0.15) is 0 Å². The van der Waals surface area contributed by atoms with Crippen molar-refractivity contribution in [3.05, 3.63) is 88.5 Å². The van der Waals surface area contributed by atoms with Crippen LogP contribution >= 0.6 is 7.37 Å². The van der Waals surface area contributed by atoms with Crippen molar-refractivity contribution in [1.82, 2.24) is 0 Å². The van der Waals surface area contributed by atoms with Gasteiger partial charge in [-0.3, -0.25) is 19.5 Å². The maximum Gasteiger partial charge on any atom is 0.324 e. The molecule has 0 spiro atoms. The lowest BCUT2D eigenvalue weighted by atomic mass is 10.2. The van der Waals surface area contributed by atoms with E-state index in [1.54, 1.807) is 25.1 Å². The molecule has 0 radical (unpaired) electrons. The van der Waals surface area contributed by atoms with Gasteiger partial charge in [0.1, 0.15) is 6.61 Å². The highest BCUT2D eigenvalue weighted by atomic mass is 31.2. The van der Waals surface area contributed by atoms with Gasteiger partial charge in [0, 0.05) is 11.6 Å². The molecule has 2 aromatic rings. The largest absolute Gasteiger partial charge is 0.460 e. The van der Waals surface area contributed by atoms with E-state index in [2.05, 4.69) is 6.58 Å². The molecule has 2 N–H and O–H groups in total. The first-order valence-electron chi connectivity index (χ1n) is 9.82. The Hall–Kier alpha value is -2.80. The normalized spacial score (nSPS) is 24.1. The highest BCUT2D eigenvalue weighted by Gasteiger charge is 2.79. The molecule has 0 amide bonds. The summed E-state index contributed by atoms with van der Waals surface area (Å²) in [6.07, 6.45) is 1.09. The van der Waals surface area contributed by atoms with E-state index in [1.807, 2.05) is 18.2 Å². The number of benzene rings is 2. The Kier molecular flexibility index (Phi) is 6.46. The molecule has 1 fully saturated rings. The number of carbonyl (C=O) groups is 1. The van der Waals surface area contributed by atoms with Gasteiger partial charge in [0.2, 0.25) is 7.37 Å². The van der Waals surface area contributed by atoms with Gasteiger partial charge in [0.15, 0.2) is 5.16 Å². The van der Waals surface area contributed by atoms with Crippen LogP contribution in [-0.4, -0.2) is 28.2 Å². The fourth-order valence-electron chi connectivity index (χ4n) is 3.85. The zero-order chi connectivity index (χ0) is 22.7. The second kappa shape index (κ2) is 8.75. The molecule has 31 heavy (non-hydrogen) atoms. The third-order valence-corrected chi connectivity index (χ3v) is 8.95. The first-order valence-corrected chi connectivity index (χ1v) is 11.6. The molecule has 0 aliphatic heterocycles. The number of para-hydroxylation sites is 1. The number of nitrogens with zero attached hydrogens (tertiary/aromatic N) is 1. The van der Waals surface area contributed by atoms with Crippen molar-refractivity contribution < 1.29 is 23.5 Å². The number of hydrogen-bond acceptors (Lipinski definition) is 7. The second-order valence-corrected chi connectivity index (χ2v) is 10.2. The van der Waals surface area contributed by atoms with Crippen molar-refractivity contribution in [3.63, 3.8) is 0 Å². The Morgan fingerprint density at radius 3 is 2.48 bits per heavy atom. The summed E-state index contributed by atoms with van der Waals surface area (Å²) in [6.45, 7) is 5.36. The zero-order valence-electron chi connectivity index (χ0n) is 17.2. The average Bonchev–Trinajstić information content (AvgIpc) is 3.41. The molecule has 164 valence electrons. The fraction of sp³-hybridized carbons (Fsp3) is 0.318. The lowest BCUT2D eigenvalue weighted by Crippen LogP contribution is -2.41. The smallest absolute Gasteiger partial charge is 0.324 e. The van der Waals surface area contributed by atoms with E-state index in [0.29, 0.717) is 0 Å². The summed E-state index contributed by atoms with van der Waals surface area (Å²) >= 11 is 0. The van der Waals surface area contributed by atoms with Crippen LogP contribution in [0.1, 0.15) is 24.5 Å². The van der Waals surface area contributed by atoms with Gasteiger partial charge in [-0.1, -0.05) is 54.6 Å². The average molecular weight is 444 g/mol.